The zero-order valence-corrected chi connectivity index (χ0v) is 5.97. The van der Waals surface area contributed by atoms with Crippen molar-refractivity contribution in [1.82, 2.24) is 0 Å². The van der Waals surface area contributed by atoms with E-state index in [2.05, 4.69) is 0 Å². The Balaban J connectivity index is 2.32. The molecule has 0 heterocycles. The van der Waals surface area contributed by atoms with E-state index in [1.165, 1.54) is 25.7 Å². The zero-order valence-electron chi connectivity index (χ0n) is 5.97. The predicted molar refractivity (Wildman–Crippen MR) is 37.2 cm³/mol. The molecule has 0 spiro atoms. The van der Waals surface area contributed by atoms with Crippen molar-refractivity contribution in [2.75, 3.05) is 0 Å². The fourth-order valence-electron chi connectivity index (χ4n) is 1.59. The lowest BCUT2D eigenvalue weighted by atomic mass is 9.94. The third-order valence-corrected chi connectivity index (χ3v) is 2.36. The third-order valence-electron chi connectivity index (χ3n) is 2.36. The summed E-state index contributed by atoms with van der Waals surface area (Å²) in [5.41, 5.74) is 0. The monoisotopic (exact) mass is 126 g/mol. The number of hydrogen-bond acceptors (Lipinski definition) is 1. The Morgan fingerprint density at radius 3 is 2.44 bits per heavy atom. The minimum Gasteiger partial charge on any atom is -0.303 e. The zero-order chi connectivity index (χ0) is 6.69. The van der Waals surface area contributed by atoms with E-state index in [1.807, 2.05) is 6.92 Å². The molecule has 0 bridgehead atoms. The van der Waals surface area contributed by atoms with Gasteiger partial charge in [0.15, 0.2) is 0 Å². The van der Waals surface area contributed by atoms with Crippen LogP contribution in [-0.4, -0.2) is 6.29 Å². The summed E-state index contributed by atoms with van der Waals surface area (Å²) in [4.78, 5) is 10.3. The molecule has 9 heavy (non-hydrogen) atoms. The SMILES string of the molecule is CC(C=O)C1CCCC1. The minimum absolute atomic E-state index is 0.312. The fraction of sp³-hybridized carbons (Fsp3) is 0.875. The summed E-state index contributed by atoms with van der Waals surface area (Å²) in [6.45, 7) is 2.03. The van der Waals surface area contributed by atoms with Gasteiger partial charge in [-0.25, -0.2) is 0 Å². The van der Waals surface area contributed by atoms with E-state index in [9.17, 15) is 4.79 Å². The van der Waals surface area contributed by atoms with Gasteiger partial charge in [-0.1, -0.05) is 19.8 Å². The molecule has 0 N–H and O–H groups in total. The van der Waals surface area contributed by atoms with Crippen LogP contribution in [0.15, 0.2) is 0 Å². The van der Waals surface area contributed by atoms with E-state index < -0.39 is 0 Å². The summed E-state index contributed by atoms with van der Waals surface area (Å²) in [7, 11) is 0. The van der Waals surface area contributed by atoms with E-state index in [-0.39, 0.29) is 0 Å². The highest BCUT2D eigenvalue weighted by molar-refractivity contribution is 5.53. The standard InChI is InChI=1S/C8H14O/c1-7(6-9)8-4-2-3-5-8/h6-8H,2-5H2,1H3. The largest absolute Gasteiger partial charge is 0.303 e. The fourth-order valence-corrected chi connectivity index (χ4v) is 1.59. The molecule has 0 radical (unpaired) electrons. The topological polar surface area (TPSA) is 17.1 Å². The van der Waals surface area contributed by atoms with Crippen molar-refractivity contribution < 1.29 is 4.79 Å². The number of carbonyl (C=O) groups is 1. The molecule has 1 saturated carbocycles. The summed E-state index contributed by atoms with van der Waals surface area (Å²) in [6, 6.07) is 0. The van der Waals surface area contributed by atoms with Crippen LogP contribution in [0, 0.1) is 11.8 Å². The van der Waals surface area contributed by atoms with Gasteiger partial charge in [0.25, 0.3) is 0 Å². The second-order valence-electron chi connectivity index (χ2n) is 3.04. The van der Waals surface area contributed by atoms with Crippen LogP contribution in [0.3, 0.4) is 0 Å². The first-order chi connectivity index (χ1) is 4.34. The van der Waals surface area contributed by atoms with Crippen molar-refractivity contribution in [2.45, 2.75) is 32.6 Å². The first-order valence-corrected chi connectivity index (χ1v) is 3.80. The maximum Gasteiger partial charge on any atom is 0.123 e. The molecule has 0 saturated heterocycles. The Kier molecular flexibility index (Phi) is 2.26. The Labute approximate surface area is 56.4 Å². The number of aldehydes is 1. The molecule has 1 rings (SSSR count). The van der Waals surface area contributed by atoms with E-state index in [0.29, 0.717) is 11.8 Å². The van der Waals surface area contributed by atoms with Crippen LogP contribution in [0.2, 0.25) is 0 Å². The van der Waals surface area contributed by atoms with Crippen molar-refractivity contribution >= 4 is 6.29 Å². The van der Waals surface area contributed by atoms with Crippen LogP contribution in [0.4, 0.5) is 0 Å². The summed E-state index contributed by atoms with van der Waals surface area (Å²) >= 11 is 0. The second-order valence-corrected chi connectivity index (χ2v) is 3.04. The van der Waals surface area contributed by atoms with Crippen LogP contribution >= 0.6 is 0 Å². The quantitative estimate of drug-likeness (QED) is 0.517. The maximum absolute atomic E-state index is 10.3. The minimum atomic E-state index is 0.312. The van der Waals surface area contributed by atoms with E-state index in [1.54, 1.807) is 0 Å². The van der Waals surface area contributed by atoms with Gasteiger partial charge in [-0.3, -0.25) is 0 Å². The van der Waals surface area contributed by atoms with Gasteiger partial charge in [-0.15, -0.1) is 0 Å². The van der Waals surface area contributed by atoms with Gasteiger partial charge in [0, 0.05) is 5.92 Å². The molecule has 1 aliphatic rings. The van der Waals surface area contributed by atoms with Crippen LogP contribution in [-0.2, 0) is 4.79 Å². The summed E-state index contributed by atoms with van der Waals surface area (Å²) in [5, 5.41) is 0. The molecule has 1 nitrogen and oxygen atoms in total. The van der Waals surface area contributed by atoms with Crippen LogP contribution in [0.1, 0.15) is 32.6 Å². The summed E-state index contributed by atoms with van der Waals surface area (Å²) in [6.07, 6.45) is 6.32. The normalized spacial score (nSPS) is 24.1. The van der Waals surface area contributed by atoms with Crippen molar-refractivity contribution in [3.63, 3.8) is 0 Å². The average Bonchev–Trinajstić information content (AvgIpc) is 2.37. The lowest BCUT2D eigenvalue weighted by molar-refractivity contribution is -0.111. The van der Waals surface area contributed by atoms with Gasteiger partial charge >= 0.3 is 0 Å². The van der Waals surface area contributed by atoms with E-state index >= 15 is 0 Å². The van der Waals surface area contributed by atoms with Crippen molar-refractivity contribution in [2.24, 2.45) is 11.8 Å². The molecule has 1 aliphatic carbocycles. The van der Waals surface area contributed by atoms with Crippen LogP contribution < -0.4 is 0 Å². The summed E-state index contributed by atoms with van der Waals surface area (Å²) < 4.78 is 0. The van der Waals surface area contributed by atoms with Crippen molar-refractivity contribution in [3.8, 4) is 0 Å². The Hall–Kier alpha value is -0.330. The molecule has 1 heteroatoms. The van der Waals surface area contributed by atoms with Crippen molar-refractivity contribution in [1.29, 1.82) is 0 Å². The van der Waals surface area contributed by atoms with Gasteiger partial charge in [0.2, 0.25) is 0 Å². The second kappa shape index (κ2) is 3.00. The van der Waals surface area contributed by atoms with Gasteiger partial charge in [-0.2, -0.15) is 0 Å². The van der Waals surface area contributed by atoms with Gasteiger partial charge < -0.3 is 4.79 Å². The van der Waals surface area contributed by atoms with E-state index in [0.717, 1.165) is 6.29 Å². The Morgan fingerprint density at radius 1 is 1.44 bits per heavy atom. The smallest absolute Gasteiger partial charge is 0.123 e. The molecule has 1 atom stereocenters. The Morgan fingerprint density at radius 2 is 2.00 bits per heavy atom. The molecule has 0 aromatic carbocycles. The van der Waals surface area contributed by atoms with E-state index in [4.69, 9.17) is 0 Å². The number of carbonyl (C=O) groups excluding carboxylic acids is 1. The molecule has 0 amide bonds. The van der Waals surface area contributed by atoms with Gasteiger partial charge in [0.05, 0.1) is 0 Å². The molecule has 0 aromatic heterocycles. The average molecular weight is 126 g/mol. The van der Waals surface area contributed by atoms with Gasteiger partial charge in [-0.05, 0) is 18.8 Å². The number of rotatable bonds is 2. The molecule has 1 unspecified atom stereocenters. The lowest BCUT2D eigenvalue weighted by Gasteiger charge is -2.10. The highest BCUT2D eigenvalue weighted by Gasteiger charge is 2.20. The third kappa shape index (κ3) is 1.54. The molecule has 1 fully saturated rings. The molecule has 52 valence electrons. The Bertz CT molecular complexity index is 92.7. The summed E-state index contributed by atoms with van der Waals surface area (Å²) in [5.74, 6) is 1.02. The highest BCUT2D eigenvalue weighted by atomic mass is 16.1. The molecular formula is C8H14O. The first-order valence-electron chi connectivity index (χ1n) is 3.80. The van der Waals surface area contributed by atoms with Crippen molar-refractivity contribution in [3.05, 3.63) is 0 Å². The van der Waals surface area contributed by atoms with Crippen LogP contribution in [0.25, 0.3) is 0 Å². The number of hydrogen-bond donors (Lipinski definition) is 0. The molecule has 0 aliphatic heterocycles. The van der Waals surface area contributed by atoms with Crippen LogP contribution in [0.5, 0.6) is 0 Å². The first kappa shape index (κ1) is 6.79. The lowest BCUT2D eigenvalue weighted by Crippen LogP contribution is -2.07. The maximum atomic E-state index is 10.3. The molecular weight excluding hydrogens is 112 g/mol. The molecule has 0 aromatic rings. The highest BCUT2D eigenvalue weighted by Crippen LogP contribution is 2.29. The predicted octanol–water partition coefficient (Wildman–Crippen LogP) is 2.01. The van der Waals surface area contributed by atoms with Gasteiger partial charge in [0.1, 0.15) is 6.29 Å².